The summed E-state index contributed by atoms with van der Waals surface area (Å²) in [6.07, 6.45) is 6.14. The van der Waals surface area contributed by atoms with E-state index in [9.17, 15) is 0 Å². The van der Waals surface area contributed by atoms with Crippen molar-refractivity contribution in [1.29, 1.82) is 0 Å². The van der Waals surface area contributed by atoms with Gasteiger partial charge in [0.1, 0.15) is 12.4 Å². The molecule has 0 aliphatic rings. The Morgan fingerprint density at radius 1 is 1.46 bits per heavy atom. The summed E-state index contributed by atoms with van der Waals surface area (Å²) in [5.74, 6) is 0. The molecule has 0 saturated heterocycles. The second kappa shape index (κ2) is 4.95. The minimum atomic E-state index is -5.17. The van der Waals surface area contributed by atoms with Gasteiger partial charge in [-0.15, -0.1) is 0 Å². The molecule has 0 aliphatic carbocycles. The van der Waals surface area contributed by atoms with Crippen molar-refractivity contribution >= 4 is 10.4 Å². The molecule has 0 aromatic carbocycles. The van der Waals surface area contributed by atoms with E-state index < -0.39 is 10.4 Å². The molecule has 0 unspecified atom stereocenters. The Morgan fingerprint density at radius 3 is 2.08 bits per heavy atom. The highest BCUT2D eigenvalue weighted by atomic mass is 32.3. The fourth-order valence-electron chi connectivity index (χ4n) is 0.689. The Morgan fingerprint density at radius 2 is 1.92 bits per heavy atom. The van der Waals surface area contributed by atoms with Gasteiger partial charge in [0.2, 0.25) is 6.33 Å². The molecule has 1 heterocycles. The first kappa shape index (κ1) is 12.1. The Hall–Kier alpha value is -0.920. The molecule has 76 valence electrons. The predicted octanol–water partition coefficient (Wildman–Crippen LogP) is -1.01. The van der Waals surface area contributed by atoms with Gasteiger partial charge in [-0.2, -0.15) is 0 Å². The van der Waals surface area contributed by atoms with Crippen molar-refractivity contribution in [2.24, 2.45) is 7.05 Å². The molecule has 6 nitrogen and oxygen atoms in total. The molecule has 0 radical (unpaired) electrons. The number of aryl methyl sites for hydroxylation is 2. The van der Waals surface area contributed by atoms with Gasteiger partial charge in [0.15, 0.2) is 0 Å². The maximum atomic E-state index is 8.52. The van der Waals surface area contributed by atoms with E-state index in [4.69, 9.17) is 17.5 Å². The SMILES string of the molecule is CCn1cc[n+](C)c1.O=S(=O)([O-])[O-]. The molecular formula is C6H11N2O4S-. The van der Waals surface area contributed by atoms with Gasteiger partial charge < -0.3 is 9.11 Å². The highest BCUT2D eigenvalue weighted by Gasteiger charge is 1.92. The maximum absolute atomic E-state index is 8.52. The molecule has 0 aliphatic heterocycles. The van der Waals surface area contributed by atoms with Crippen LogP contribution in [-0.4, -0.2) is 22.1 Å². The summed E-state index contributed by atoms with van der Waals surface area (Å²) in [7, 11) is -3.15. The average molecular weight is 207 g/mol. The van der Waals surface area contributed by atoms with Crippen LogP contribution >= 0.6 is 0 Å². The third-order valence-corrected chi connectivity index (χ3v) is 1.19. The molecule has 7 heteroatoms. The minimum Gasteiger partial charge on any atom is -0.759 e. The minimum absolute atomic E-state index is 1.06. The lowest BCUT2D eigenvalue weighted by Gasteiger charge is -2.06. The van der Waals surface area contributed by atoms with Gasteiger partial charge in [0, 0.05) is 10.4 Å². The van der Waals surface area contributed by atoms with Crippen LogP contribution in [0.25, 0.3) is 0 Å². The van der Waals surface area contributed by atoms with Crippen LogP contribution in [0.5, 0.6) is 0 Å². The first-order valence-electron chi connectivity index (χ1n) is 3.50. The molecular weight excluding hydrogens is 196 g/mol. The Kier molecular flexibility index (Phi) is 4.60. The summed E-state index contributed by atoms with van der Waals surface area (Å²) in [6, 6.07) is 0. The van der Waals surface area contributed by atoms with Gasteiger partial charge >= 0.3 is 0 Å². The monoisotopic (exact) mass is 207 g/mol. The number of hydrogen-bond donors (Lipinski definition) is 0. The zero-order chi connectivity index (χ0) is 10.5. The molecule has 1 aromatic rings. The normalized spacial score (nSPS) is 10.5. The van der Waals surface area contributed by atoms with Crippen LogP contribution in [0.2, 0.25) is 0 Å². The third-order valence-electron chi connectivity index (χ3n) is 1.19. The Labute approximate surface area is 77.0 Å². The lowest BCUT2D eigenvalue weighted by Crippen LogP contribution is -2.23. The lowest BCUT2D eigenvalue weighted by atomic mass is 10.7. The van der Waals surface area contributed by atoms with E-state index in [1.165, 1.54) is 0 Å². The zero-order valence-corrected chi connectivity index (χ0v) is 8.19. The van der Waals surface area contributed by atoms with Gasteiger partial charge in [0.05, 0.1) is 13.6 Å². The molecule has 0 amide bonds. The fraction of sp³-hybridized carbons (Fsp3) is 0.500. The topological polar surface area (TPSA) is 89.1 Å². The van der Waals surface area contributed by atoms with Crippen LogP contribution in [0.4, 0.5) is 0 Å². The van der Waals surface area contributed by atoms with Gasteiger partial charge in [-0.3, -0.25) is 8.42 Å². The average Bonchev–Trinajstić information content (AvgIpc) is 2.31. The van der Waals surface area contributed by atoms with Crippen molar-refractivity contribution in [2.75, 3.05) is 0 Å². The molecule has 0 fully saturated rings. The maximum Gasteiger partial charge on any atom is 0.243 e. The lowest BCUT2D eigenvalue weighted by molar-refractivity contribution is -0.671. The van der Waals surface area contributed by atoms with E-state index in [-0.39, 0.29) is 0 Å². The molecule has 13 heavy (non-hydrogen) atoms. The summed E-state index contributed by atoms with van der Waals surface area (Å²) in [6.45, 7) is 3.18. The van der Waals surface area contributed by atoms with Crippen LogP contribution < -0.4 is 4.57 Å². The van der Waals surface area contributed by atoms with E-state index in [1.807, 2.05) is 17.8 Å². The van der Waals surface area contributed by atoms with Crippen molar-refractivity contribution < 1.29 is 22.1 Å². The Balaban J connectivity index is 0.000000252. The third kappa shape index (κ3) is 8.99. The number of nitrogens with zero attached hydrogens (tertiary/aromatic N) is 2. The molecule has 0 spiro atoms. The number of aromatic nitrogens is 2. The van der Waals surface area contributed by atoms with Crippen LogP contribution in [-0.2, 0) is 24.0 Å². The second-order valence-corrected chi connectivity index (χ2v) is 3.13. The van der Waals surface area contributed by atoms with Crippen molar-refractivity contribution in [3.05, 3.63) is 18.7 Å². The van der Waals surface area contributed by atoms with E-state index in [1.54, 1.807) is 0 Å². The van der Waals surface area contributed by atoms with Crippen LogP contribution in [0.1, 0.15) is 6.92 Å². The van der Waals surface area contributed by atoms with Crippen molar-refractivity contribution in [2.45, 2.75) is 13.5 Å². The van der Waals surface area contributed by atoms with Crippen molar-refractivity contribution in [1.82, 2.24) is 4.57 Å². The number of hydrogen-bond acceptors (Lipinski definition) is 4. The van der Waals surface area contributed by atoms with Crippen LogP contribution in [0.3, 0.4) is 0 Å². The standard InChI is InChI=1S/C6H11N2.H2O4S/c1-3-8-5-4-7(2)6-8;1-5(2,3)4/h4-6H,3H2,1-2H3;(H2,1,2,3,4)/q+1;/p-2. The van der Waals surface area contributed by atoms with Gasteiger partial charge in [-0.05, 0) is 6.92 Å². The van der Waals surface area contributed by atoms with Crippen molar-refractivity contribution in [3.8, 4) is 0 Å². The molecule has 0 bridgehead atoms. The highest BCUT2D eigenvalue weighted by molar-refractivity contribution is 7.79. The summed E-state index contributed by atoms with van der Waals surface area (Å²) < 4.78 is 38.2. The smallest absolute Gasteiger partial charge is 0.243 e. The summed E-state index contributed by atoms with van der Waals surface area (Å²) in [5.41, 5.74) is 0. The van der Waals surface area contributed by atoms with E-state index in [0.717, 1.165) is 6.54 Å². The molecule has 0 atom stereocenters. The van der Waals surface area contributed by atoms with Gasteiger partial charge in [-0.25, -0.2) is 9.13 Å². The van der Waals surface area contributed by atoms with Gasteiger partial charge in [0.25, 0.3) is 0 Å². The molecule has 1 aromatic heterocycles. The van der Waals surface area contributed by atoms with E-state index >= 15 is 0 Å². The van der Waals surface area contributed by atoms with E-state index in [0.29, 0.717) is 0 Å². The summed E-state index contributed by atoms with van der Waals surface area (Å²) in [5, 5.41) is 0. The largest absolute Gasteiger partial charge is 0.759 e. The predicted molar refractivity (Wildman–Crippen MR) is 41.8 cm³/mol. The molecule has 0 N–H and O–H groups in total. The number of imidazole rings is 1. The quantitative estimate of drug-likeness (QED) is 0.335. The summed E-state index contributed by atoms with van der Waals surface area (Å²) >= 11 is 0. The van der Waals surface area contributed by atoms with Crippen LogP contribution in [0.15, 0.2) is 18.7 Å². The zero-order valence-electron chi connectivity index (χ0n) is 7.37. The number of rotatable bonds is 1. The highest BCUT2D eigenvalue weighted by Crippen LogP contribution is 1.79. The van der Waals surface area contributed by atoms with Crippen LogP contribution in [0, 0.1) is 0 Å². The van der Waals surface area contributed by atoms with E-state index in [2.05, 4.69) is 24.0 Å². The Bertz CT molecular complexity index is 335. The first-order chi connectivity index (χ1) is 5.83. The summed E-state index contributed by atoms with van der Waals surface area (Å²) in [4.78, 5) is 0. The fourth-order valence-corrected chi connectivity index (χ4v) is 0.689. The second-order valence-electron chi connectivity index (χ2n) is 2.32. The van der Waals surface area contributed by atoms with Crippen molar-refractivity contribution in [3.63, 3.8) is 0 Å². The molecule has 0 saturated carbocycles. The molecule has 1 rings (SSSR count). The first-order valence-corrected chi connectivity index (χ1v) is 4.84. The van der Waals surface area contributed by atoms with Gasteiger partial charge in [-0.1, -0.05) is 0 Å².